The van der Waals surface area contributed by atoms with Crippen LogP contribution in [0.5, 0.6) is 0 Å². The molecule has 0 radical (unpaired) electrons. The predicted octanol–water partition coefficient (Wildman–Crippen LogP) is 3.93. The van der Waals surface area contributed by atoms with Gasteiger partial charge in [0, 0.05) is 12.1 Å². The number of halogens is 2. The van der Waals surface area contributed by atoms with Crippen LogP contribution in [-0.4, -0.2) is 11.6 Å². The van der Waals surface area contributed by atoms with Crippen molar-refractivity contribution in [2.45, 2.75) is 37.8 Å². The third-order valence-corrected chi connectivity index (χ3v) is 4.49. The number of carbonyl (C=O) groups excluding carboxylic acids is 1. The molecule has 2 aromatic rings. The Morgan fingerprint density at radius 3 is 2.38 bits per heavy atom. The van der Waals surface area contributed by atoms with Crippen LogP contribution in [0, 0.1) is 11.6 Å². The second-order valence-corrected chi connectivity index (χ2v) is 6.37. The van der Waals surface area contributed by atoms with Crippen molar-refractivity contribution in [1.82, 2.24) is 10.6 Å². The Morgan fingerprint density at radius 2 is 1.75 bits per heavy atom. The first-order valence-electron chi connectivity index (χ1n) is 8.10. The van der Waals surface area contributed by atoms with E-state index in [1.54, 1.807) is 18.2 Å². The number of amides is 2. The largest absolute Gasteiger partial charge is 0.334 e. The highest BCUT2D eigenvalue weighted by Crippen LogP contribution is 2.35. The first-order valence-corrected chi connectivity index (χ1v) is 8.10. The van der Waals surface area contributed by atoms with E-state index in [2.05, 4.69) is 10.6 Å². The van der Waals surface area contributed by atoms with Gasteiger partial charge in [-0.05, 0) is 61.1 Å². The first kappa shape index (κ1) is 16.4. The average Bonchev–Trinajstić information content (AvgIpc) is 2.52. The van der Waals surface area contributed by atoms with E-state index in [0.717, 1.165) is 30.4 Å². The van der Waals surface area contributed by atoms with E-state index in [9.17, 15) is 13.6 Å². The minimum Gasteiger partial charge on any atom is -0.334 e. The van der Waals surface area contributed by atoms with Crippen LogP contribution >= 0.6 is 0 Å². The quantitative estimate of drug-likeness (QED) is 0.857. The maximum absolute atomic E-state index is 13.3. The van der Waals surface area contributed by atoms with Gasteiger partial charge in [-0.1, -0.05) is 24.3 Å². The molecule has 0 heterocycles. The Balaban J connectivity index is 1.56. The van der Waals surface area contributed by atoms with Gasteiger partial charge in [-0.3, -0.25) is 0 Å². The summed E-state index contributed by atoms with van der Waals surface area (Å²) in [5, 5.41) is 5.83. The highest BCUT2D eigenvalue weighted by molar-refractivity contribution is 5.75. The topological polar surface area (TPSA) is 41.1 Å². The molecule has 2 amide bonds. The lowest BCUT2D eigenvalue weighted by Gasteiger charge is -2.42. The minimum absolute atomic E-state index is 0.254. The molecule has 1 aliphatic rings. The molecule has 126 valence electrons. The Kier molecular flexibility index (Phi) is 4.79. The van der Waals surface area contributed by atoms with Crippen LogP contribution in [0.3, 0.4) is 0 Å². The van der Waals surface area contributed by atoms with Crippen molar-refractivity contribution < 1.29 is 13.6 Å². The standard InChI is InChI=1S/C19H20F2N2O/c20-16-7-5-14(6-8-16)13-22-18(24)23-19(9-2-10-19)12-15-3-1-4-17(21)11-15/h1,3-8,11H,2,9-10,12-13H2,(H2,22,23,24). The lowest BCUT2D eigenvalue weighted by molar-refractivity contribution is 0.176. The van der Waals surface area contributed by atoms with E-state index in [-0.39, 0.29) is 23.2 Å². The molecule has 1 aliphatic carbocycles. The van der Waals surface area contributed by atoms with E-state index in [1.807, 2.05) is 6.07 Å². The lowest BCUT2D eigenvalue weighted by atomic mass is 9.73. The van der Waals surface area contributed by atoms with Crippen molar-refractivity contribution in [2.75, 3.05) is 0 Å². The van der Waals surface area contributed by atoms with Gasteiger partial charge in [-0.15, -0.1) is 0 Å². The van der Waals surface area contributed by atoms with Gasteiger partial charge in [-0.25, -0.2) is 13.6 Å². The molecule has 3 nitrogen and oxygen atoms in total. The number of rotatable bonds is 5. The van der Waals surface area contributed by atoms with Gasteiger partial charge in [0.05, 0.1) is 0 Å². The maximum Gasteiger partial charge on any atom is 0.315 e. The highest BCUT2D eigenvalue weighted by Gasteiger charge is 2.38. The smallest absolute Gasteiger partial charge is 0.315 e. The molecule has 5 heteroatoms. The fraction of sp³-hybridized carbons (Fsp3) is 0.316. The van der Waals surface area contributed by atoms with Crippen LogP contribution in [0.2, 0.25) is 0 Å². The van der Waals surface area contributed by atoms with Gasteiger partial charge in [0.25, 0.3) is 0 Å². The molecular weight excluding hydrogens is 310 g/mol. The summed E-state index contributed by atoms with van der Waals surface area (Å²) < 4.78 is 26.2. The van der Waals surface area contributed by atoms with Crippen molar-refractivity contribution in [3.05, 3.63) is 71.3 Å². The number of hydrogen-bond donors (Lipinski definition) is 2. The van der Waals surface area contributed by atoms with E-state index < -0.39 is 0 Å². The third kappa shape index (κ3) is 4.10. The highest BCUT2D eigenvalue weighted by atomic mass is 19.1. The molecule has 1 fully saturated rings. The SMILES string of the molecule is O=C(NCc1ccc(F)cc1)NC1(Cc2cccc(F)c2)CCC1. The normalized spacial score (nSPS) is 15.4. The van der Waals surface area contributed by atoms with Crippen LogP contribution in [0.25, 0.3) is 0 Å². The molecule has 0 unspecified atom stereocenters. The summed E-state index contributed by atoms with van der Waals surface area (Å²) in [4.78, 5) is 12.2. The number of nitrogens with one attached hydrogen (secondary N) is 2. The van der Waals surface area contributed by atoms with Gasteiger partial charge >= 0.3 is 6.03 Å². The predicted molar refractivity (Wildman–Crippen MR) is 88.5 cm³/mol. The van der Waals surface area contributed by atoms with Crippen molar-refractivity contribution in [2.24, 2.45) is 0 Å². The summed E-state index contributed by atoms with van der Waals surface area (Å²) >= 11 is 0. The zero-order valence-corrected chi connectivity index (χ0v) is 13.3. The fourth-order valence-corrected chi connectivity index (χ4v) is 3.06. The zero-order chi connectivity index (χ0) is 17.0. The average molecular weight is 330 g/mol. The van der Waals surface area contributed by atoms with Crippen molar-refractivity contribution in [3.8, 4) is 0 Å². The summed E-state index contributed by atoms with van der Waals surface area (Å²) in [6.45, 7) is 0.335. The van der Waals surface area contributed by atoms with Crippen molar-refractivity contribution in [1.29, 1.82) is 0 Å². The Hall–Kier alpha value is -2.43. The zero-order valence-electron chi connectivity index (χ0n) is 13.3. The van der Waals surface area contributed by atoms with Crippen LogP contribution in [-0.2, 0) is 13.0 Å². The second-order valence-electron chi connectivity index (χ2n) is 6.37. The Labute approximate surface area is 140 Å². The van der Waals surface area contributed by atoms with E-state index in [4.69, 9.17) is 0 Å². The fourth-order valence-electron chi connectivity index (χ4n) is 3.06. The lowest BCUT2D eigenvalue weighted by Crippen LogP contribution is -2.57. The number of carbonyl (C=O) groups is 1. The molecule has 0 aliphatic heterocycles. The van der Waals surface area contributed by atoms with Crippen molar-refractivity contribution in [3.63, 3.8) is 0 Å². The van der Waals surface area contributed by atoms with Crippen LogP contribution < -0.4 is 10.6 Å². The first-order chi connectivity index (χ1) is 11.5. The summed E-state index contributed by atoms with van der Waals surface area (Å²) in [6.07, 6.45) is 3.43. The Bertz CT molecular complexity index is 712. The molecule has 0 atom stereocenters. The monoisotopic (exact) mass is 330 g/mol. The molecule has 0 saturated heterocycles. The minimum atomic E-state index is -0.305. The summed E-state index contributed by atoms with van der Waals surface area (Å²) in [5.74, 6) is -0.561. The molecule has 0 spiro atoms. The third-order valence-electron chi connectivity index (χ3n) is 4.49. The Morgan fingerprint density at radius 1 is 1.00 bits per heavy atom. The van der Waals surface area contributed by atoms with Gasteiger partial charge in [0.1, 0.15) is 11.6 Å². The van der Waals surface area contributed by atoms with E-state index >= 15 is 0 Å². The van der Waals surface area contributed by atoms with Crippen LogP contribution in [0.4, 0.5) is 13.6 Å². The molecule has 1 saturated carbocycles. The molecule has 0 aromatic heterocycles. The maximum atomic E-state index is 13.3. The molecule has 0 bridgehead atoms. The second kappa shape index (κ2) is 6.99. The molecule has 24 heavy (non-hydrogen) atoms. The molecule has 2 N–H and O–H groups in total. The molecule has 2 aromatic carbocycles. The van der Waals surface area contributed by atoms with Gasteiger partial charge < -0.3 is 10.6 Å². The van der Waals surface area contributed by atoms with Crippen LogP contribution in [0.15, 0.2) is 48.5 Å². The molecular formula is C19H20F2N2O. The van der Waals surface area contributed by atoms with E-state index in [1.165, 1.54) is 24.3 Å². The van der Waals surface area contributed by atoms with E-state index in [0.29, 0.717) is 13.0 Å². The number of benzene rings is 2. The summed E-state index contributed by atoms with van der Waals surface area (Å²) in [5.41, 5.74) is 1.41. The van der Waals surface area contributed by atoms with Gasteiger partial charge in [-0.2, -0.15) is 0 Å². The molecule has 3 rings (SSSR count). The van der Waals surface area contributed by atoms with Crippen LogP contribution in [0.1, 0.15) is 30.4 Å². The number of hydrogen-bond acceptors (Lipinski definition) is 1. The number of urea groups is 1. The van der Waals surface area contributed by atoms with Gasteiger partial charge in [0.15, 0.2) is 0 Å². The van der Waals surface area contributed by atoms with Gasteiger partial charge in [0.2, 0.25) is 0 Å². The summed E-state index contributed by atoms with van der Waals surface area (Å²) in [6, 6.07) is 12.3. The summed E-state index contributed by atoms with van der Waals surface area (Å²) in [7, 11) is 0. The van der Waals surface area contributed by atoms with Crippen molar-refractivity contribution >= 4 is 6.03 Å².